The first-order valence-corrected chi connectivity index (χ1v) is 7.09. The molecule has 0 aliphatic rings. The van der Waals surface area contributed by atoms with Gasteiger partial charge in [-0.15, -0.1) is 0 Å². The average Bonchev–Trinajstić information content (AvgIpc) is 2.54. The normalized spacial score (nSPS) is 10.1. The van der Waals surface area contributed by atoms with E-state index in [9.17, 15) is 4.79 Å². The van der Waals surface area contributed by atoms with Gasteiger partial charge in [0.05, 0.1) is 5.71 Å². The van der Waals surface area contributed by atoms with Gasteiger partial charge in [-0.05, 0) is 23.1 Å². The van der Waals surface area contributed by atoms with Crippen molar-refractivity contribution < 1.29 is 9.53 Å². The number of hydrogen-bond acceptors (Lipinski definition) is 3. The van der Waals surface area contributed by atoms with Crippen LogP contribution in [0.3, 0.4) is 0 Å². The maximum absolute atomic E-state index is 11.3. The molecule has 108 valence electrons. The average molecular weight is 281 g/mol. The fraction of sp³-hybridized carbons (Fsp3) is 0.222. The minimum atomic E-state index is -0.247. The molecule has 0 saturated heterocycles. The topological polar surface area (TPSA) is 50.2 Å². The number of rotatable bonds is 6. The largest absolute Gasteiger partial charge is 0.459 e. The molecule has 1 N–H and O–H groups in total. The van der Waals surface area contributed by atoms with E-state index in [-0.39, 0.29) is 12.6 Å². The highest BCUT2D eigenvalue weighted by molar-refractivity contribution is 6.00. The number of carbonyl (C=O) groups excluding carboxylic acids is 1. The standard InChI is InChI=1S/C18H19NO2/c1-2-6-18(20)21-13-17(19)16-11-9-15(10-12-16)14-7-4-3-5-8-14/h3-5,7-12,19H,2,6,13H2,1H3. The third kappa shape index (κ3) is 4.28. The zero-order valence-electron chi connectivity index (χ0n) is 12.1. The third-order valence-electron chi connectivity index (χ3n) is 3.17. The predicted molar refractivity (Wildman–Crippen MR) is 84.6 cm³/mol. The number of ether oxygens (including phenoxy) is 1. The predicted octanol–water partition coefficient (Wildman–Crippen LogP) is 4.06. The first-order valence-electron chi connectivity index (χ1n) is 7.09. The monoisotopic (exact) mass is 281 g/mol. The number of benzene rings is 2. The molecule has 0 heterocycles. The highest BCUT2D eigenvalue weighted by Crippen LogP contribution is 2.19. The van der Waals surface area contributed by atoms with Crippen molar-refractivity contribution in [3.8, 4) is 11.1 Å². The van der Waals surface area contributed by atoms with Crippen LogP contribution in [0.5, 0.6) is 0 Å². The van der Waals surface area contributed by atoms with Gasteiger partial charge in [0.2, 0.25) is 0 Å². The van der Waals surface area contributed by atoms with Crippen LogP contribution in [0.15, 0.2) is 54.6 Å². The number of carbonyl (C=O) groups is 1. The van der Waals surface area contributed by atoms with Crippen LogP contribution in [-0.2, 0) is 9.53 Å². The first kappa shape index (κ1) is 15.0. The summed E-state index contributed by atoms with van der Waals surface area (Å²) in [5, 5.41) is 7.95. The van der Waals surface area contributed by atoms with Crippen molar-refractivity contribution in [1.29, 1.82) is 5.41 Å². The van der Waals surface area contributed by atoms with Crippen LogP contribution in [-0.4, -0.2) is 18.3 Å². The zero-order valence-corrected chi connectivity index (χ0v) is 12.1. The van der Waals surface area contributed by atoms with Crippen LogP contribution in [0.25, 0.3) is 11.1 Å². The molecule has 0 bridgehead atoms. The Morgan fingerprint density at radius 1 is 1.00 bits per heavy atom. The molecule has 3 heteroatoms. The van der Waals surface area contributed by atoms with E-state index >= 15 is 0 Å². The Kier molecular flexibility index (Phi) is 5.27. The fourth-order valence-corrected chi connectivity index (χ4v) is 2.01. The van der Waals surface area contributed by atoms with Crippen LogP contribution in [0.1, 0.15) is 25.3 Å². The van der Waals surface area contributed by atoms with Crippen LogP contribution in [0.2, 0.25) is 0 Å². The Hall–Kier alpha value is -2.42. The molecule has 0 radical (unpaired) electrons. The Morgan fingerprint density at radius 2 is 1.62 bits per heavy atom. The molecule has 0 fully saturated rings. The maximum Gasteiger partial charge on any atom is 0.306 e. The summed E-state index contributed by atoms with van der Waals surface area (Å²) in [7, 11) is 0. The molecule has 2 aromatic carbocycles. The number of hydrogen-bond donors (Lipinski definition) is 1. The van der Waals surface area contributed by atoms with Gasteiger partial charge in [-0.25, -0.2) is 0 Å². The second-order valence-corrected chi connectivity index (χ2v) is 4.83. The summed E-state index contributed by atoms with van der Waals surface area (Å²) >= 11 is 0. The second-order valence-electron chi connectivity index (χ2n) is 4.83. The molecule has 21 heavy (non-hydrogen) atoms. The summed E-state index contributed by atoms with van der Waals surface area (Å²) < 4.78 is 5.05. The second kappa shape index (κ2) is 7.39. The molecule has 0 amide bonds. The van der Waals surface area contributed by atoms with Crippen molar-refractivity contribution in [2.45, 2.75) is 19.8 Å². The smallest absolute Gasteiger partial charge is 0.306 e. The molecule has 3 nitrogen and oxygen atoms in total. The van der Waals surface area contributed by atoms with Gasteiger partial charge in [0.25, 0.3) is 0 Å². The van der Waals surface area contributed by atoms with Crippen LogP contribution >= 0.6 is 0 Å². The molecule has 0 aliphatic carbocycles. The van der Waals surface area contributed by atoms with Gasteiger partial charge >= 0.3 is 5.97 Å². The van der Waals surface area contributed by atoms with E-state index < -0.39 is 0 Å². The lowest BCUT2D eigenvalue weighted by molar-refractivity contribution is -0.141. The molecular weight excluding hydrogens is 262 g/mol. The van der Waals surface area contributed by atoms with Crippen molar-refractivity contribution in [3.05, 3.63) is 60.2 Å². The molecule has 0 spiro atoms. The quantitative estimate of drug-likeness (QED) is 0.641. The first-order chi connectivity index (χ1) is 10.2. The highest BCUT2D eigenvalue weighted by atomic mass is 16.5. The van der Waals surface area contributed by atoms with Gasteiger partial charge in [0.15, 0.2) is 0 Å². The van der Waals surface area contributed by atoms with Crippen molar-refractivity contribution in [3.63, 3.8) is 0 Å². The molecule has 2 aromatic rings. The van der Waals surface area contributed by atoms with Gasteiger partial charge in [-0.1, -0.05) is 61.5 Å². The molecular formula is C18H19NO2. The van der Waals surface area contributed by atoms with E-state index in [1.165, 1.54) is 0 Å². The Balaban J connectivity index is 1.99. The van der Waals surface area contributed by atoms with E-state index in [4.69, 9.17) is 10.1 Å². The molecule has 0 aliphatic heterocycles. The van der Waals surface area contributed by atoms with E-state index in [2.05, 4.69) is 0 Å². The Labute approximate surface area is 125 Å². The summed E-state index contributed by atoms with van der Waals surface area (Å²) in [5.74, 6) is -0.247. The Bertz CT molecular complexity index is 603. The third-order valence-corrected chi connectivity index (χ3v) is 3.17. The van der Waals surface area contributed by atoms with Gasteiger partial charge < -0.3 is 10.1 Å². The number of esters is 1. The number of nitrogens with one attached hydrogen (secondary N) is 1. The van der Waals surface area contributed by atoms with Crippen LogP contribution < -0.4 is 0 Å². The SMILES string of the molecule is CCCC(=O)OCC(=N)c1ccc(-c2ccccc2)cc1. The van der Waals surface area contributed by atoms with E-state index in [0.29, 0.717) is 12.1 Å². The summed E-state index contributed by atoms with van der Waals surface area (Å²) in [4.78, 5) is 11.3. The summed E-state index contributed by atoms with van der Waals surface area (Å²) in [5.41, 5.74) is 3.35. The summed E-state index contributed by atoms with van der Waals surface area (Å²) in [6.45, 7) is 1.96. The van der Waals surface area contributed by atoms with Crippen molar-refractivity contribution >= 4 is 11.7 Å². The van der Waals surface area contributed by atoms with Gasteiger partial charge in [-0.2, -0.15) is 0 Å². The molecule has 2 rings (SSSR count). The van der Waals surface area contributed by atoms with Gasteiger partial charge in [0, 0.05) is 6.42 Å². The Morgan fingerprint density at radius 3 is 2.24 bits per heavy atom. The minimum Gasteiger partial charge on any atom is -0.459 e. The lowest BCUT2D eigenvalue weighted by Gasteiger charge is -2.07. The van der Waals surface area contributed by atoms with E-state index in [1.54, 1.807) is 0 Å². The van der Waals surface area contributed by atoms with Crippen molar-refractivity contribution in [2.75, 3.05) is 6.61 Å². The summed E-state index contributed by atoms with van der Waals surface area (Å²) in [6, 6.07) is 17.8. The molecule has 0 saturated carbocycles. The lowest BCUT2D eigenvalue weighted by atomic mass is 10.0. The molecule has 0 unspecified atom stereocenters. The van der Waals surface area contributed by atoms with E-state index in [0.717, 1.165) is 23.1 Å². The van der Waals surface area contributed by atoms with E-state index in [1.807, 2.05) is 61.5 Å². The molecule has 0 aromatic heterocycles. The van der Waals surface area contributed by atoms with Crippen molar-refractivity contribution in [1.82, 2.24) is 0 Å². The fourth-order valence-electron chi connectivity index (χ4n) is 2.01. The summed E-state index contributed by atoms with van der Waals surface area (Å²) in [6.07, 6.45) is 1.16. The van der Waals surface area contributed by atoms with Crippen LogP contribution in [0, 0.1) is 5.41 Å². The molecule has 0 atom stereocenters. The lowest BCUT2D eigenvalue weighted by Crippen LogP contribution is -2.13. The highest BCUT2D eigenvalue weighted by Gasteiger charge is 2.06. The van der Waals surface area contributed by atoms with Crippen molar-refractivity contribution in [2.24, 2.45) is 0 Å². The van der Waals surface area contributed by atoms with Gasteiger partial charge in [-0.3, -0.25) is 4.79 Å². The minimum absolute atomic E-state index is 0.0313. The van der Waals surface area contributed by atoms with Crippen LogP contribution in [0.4, 0.5) is 0 Å². The zero-order chi connectivity index (χ0) is 15.1. The van der Waals surface area contributed by atoms with Gasteiger partial charge in [0.1, 0.15) is 6.61 Å². The maximum atomic E-state index is 11.3.